The maximum Gasteiger partial charge on any atom is 0.335 e. The van der Waals surface area contributed by atoms with Gasteiger partial charge >= 0.3 is 5.97 Å². The normalized spacial score (nSPS) is 34.3. The number of anilines is 1. The van der Waals surface area contributed by atoms with Crippen LogP contribution in [0.3, 0.4) is 0 Å². The second-order valence-electron chi connectivity index (χ2n) is 8.41. The van der Waals surface area contributed by atoms with Gasteiger partial charge in [-0.25, -0.2) is 4.79 Å². The minimum Gasteiger partial charge on any atom is -0.478 e. The third kappa shape index (κ3) is 3.76. The van der Waals surface area contributed by atoms with E-state index in [1.165, 1.54) is 12.1 Å². The number of carbonyl (C=O) groups excluding carboxylic acids is 1. The Hall–Kier alpha value is -2.04. The molecule has 1 aromatic carbocycles. The van der Waals surface area contributed by atoms with E-state index in [1.807, 2.05) is 0 Å². The van der Waals surface area contributed by atoms with Crippen LogP contribution in [0.2, 0.25) is 0 Å². The van der Waals surface area contributed by atoms with Crippen LogP contribution in [0.25, 0.3) is 0 Å². The number of rotatable bonds is 3. The molecule has 0 aromatic heterocycles. The average Bonchev–Trinajstić information content (AvgIpc) is 3.09. The van der Waals surface area contributed by atoms with Gasteiger partial charge in [-0.2, -0.15) is 0 Å². The number of ether oxygens (including phenoxy) is 5. The first kappa shape index (κ1) is 20.2. The van der Waals surface area contributed by atoms with Gasteiger partial charge in [0.25, 0.3) is 5.91 Å². The number of nitrogens with one attached hydrogen (secondary N) is 1. The Labute approximate surface area is 168 Å². The van der Waals surface area contributed by atoms with Crippen molar-refractivity contribution >= 4 is 17.6 Å². The Morgan fingerprint density at radius 2 is 1.59 bits per heavy atom. The first-order chi connectivity index (χ1) is 13.5. The van der Waals surface area contributed by atoms with Gasteiger partial charge in [0.1, 0.15) is 18.3 Å². The number of hydrogen-bond donors (Lipinski definition) is 2. The average molecular weight is 407 g/mol. The maximum absolute atomic E-state index is 13.1. The van der Waals surface area contributed by atoms with Gasteiger partial charge in [-0.15, -0.1) is 0 Å². The summed E-state index contributed by atoms with van der Waals surface area (Å²) in [6.07, 6.45) is -3.59. The van der Waals surface area contributed by atoms with Crippen LogP contribution in [0, 0.1) is 6.92 Å². The molecule has 4 rings (SSSR count). The van der Waals surface area contributed by atoms with Crippen molar-refractivity contribution in [3.05, 3.63) is 29.3 Å². The molecule has 0 bridgehead atoms. The van der Waals surface area contributed by atoms with Crippen LogP contribution in [0.15, 0.2) is 18.2 Å². The third-order valence-electron chi connectivity index (χ3n) is 5.16. The van der Waals surface area contributed by atoms with Crippen LogP contribution in [-0.2, 0) is 28.5 Å². The van der Waals surface area contributed by atoms with Crippen LogP contribution >= 0.6 is 0 Å². The number of aromatic carboxylic acids is 1. The van der Waals surface area contributed by atoms with Crippen LogP contribution in [0.5, 0.6) is 0 Å². The second kappa shape index (κ2) is 6.75. The molecule has 3 saturated heterocycles. The Morgan fingerprint density at radius 1 is 0.966 bits per heavy atom. The molecule has 0 aliphatic carbocycles. The van der Waals surface area contributed by atoms with E-state index in [2.05, 4.69) is 5.32 Å². The molecule has 0 radical (unpaired) electrons. The van der Waals surface area contributed by atoms with Crippen molar-refractivity contribution in [1.29, 1.82) is 0 Å². The van der Waals surface area contributed by atoms with E-state index < -0.39 is 54.2 Å². The summed E-state index contributed by atoms with van der Waals surface area (Å²) >= 11 is 0. The molecule has 158 valence electrons. The summed E-state index contributed by atoms with van der Waals surface area (Å²) in [5, 5.41) is 12.0. The molecule has 9 heteroatoms. The lowest BCUT2D eigenvalue weighted by Gasteiger charge is -2.36. The summed E-state index contributed by atoms with van der Waals surface area (Å²) in [5.41, 5.74) is 1.18. The Balaban J connectivity index is 1.60. The highest BCUT2D eigenvalue weighted by Gasteiger charge is 2.62. The van der Waals surface area contributed by atoms with Gasteiger partial charge in [0.05, 0.1) is 5.56 Å². The summed E-state index contributed by atoms with van der Waals surface area (Å²) in [7, 11) is 0. The van der Waals surface area contributed by atoms with Crippen LogP contribution in [0.1, 0.15) is 43.6 Å². The highest BCUT2D eigenvalue weighted by atomic mass is 16.9. The zero-order valence-electron chi connectivity index (χ0n) is 16.9. The van der Waals surface area contributed by atoms with Gasteiger partial charge in [0.2, 0.25) is 0 Å². The molecule has 2 N–H and O–H groups in total. The van der Waals surface area contributed by atoms with Crippen LogP contribution in [-0.4, -0.2) is 59.3 Å². The molecule has 1 amide bonds. The van der Waals surface area contributed by atoms with Crippen molar-refractivity contribution in [2.24, 2.45) is 0 Å². The number of carboxylic acid groups (broad SMARTS) is 1. The molecule has 3 aliphatic rings. The Morgan fingerprint density at radius 3 is 2.28 bits per heavy atom. The van der Waals surface area contributed by atoms with Crippen molar-refractivity contribution < 1.29 is 38.4 Å². The van der Waals surface area contributed by atoms with E-state index in [0.29, 0.717) is 5.69 Å². The number of aryl methyl sites for hydroxylation is 1. The molecule has 0 saturated carbocycles. The van der Waals surface area contributed by atoms with E-state index in [0.717, 1.165) is 5.56 Å². The highest BCUT2D eigenvalue weighted by Crippen LogP contribution is 2.44. The summed E-state index contributed by atoms with van der Waals surface area (Å²) in [6, 6.07) is 4.52. The van der Waals surface area contributed by atoms with Crippen molar-refractivity contribution in [3.8, 4) is 0 Å². The van der Waals surface area contributed by atoms with Gasteiger partial charge in [-0.1, -0.05) is 6.07 Å². The van der Waals surface area contributed by atoms with Crippen molar-refractivity contribution in [3.63, 3.8) is 0 Å². The fourth-order valence-corrected chi connectivity index (χ4v) is 3.92. The monoisotopic (exact) mass is 407 g/mol. The Bertz CT molecular complexity index is 851. The van der Waals surface area contributed by atoms with Gasteiger partial charge in [-0.3, -0.25) is 4.79 Å². The molecule has 29 heavy (non-hydrogen) atoms. The number of carbonyl (C=O) groups is 2. The zero-order valence-corrected chi connectivity index (χ0v) is 16.9. The lowest BCUT2D eigenvalue weighted by atomic mass is 9.98. The standard InChI is InChI=1S/C20H25NO8/c1-9-6-7-10(17(23)24)8-11(9)21-16(22)14-12-13(27-19(2,3)26-12)15-18(25-14)29-20(4,5)28-15/h6-8,12-15,18H,1-5H3,(H,21,22)(H,23,24). The predicted molar refractivity (Wildman–Crippen MR) is 99.3 cm³/mol. The van der Waals surface area contributed by atoms with Gasteiger partial charge in [0, 0.05) is 5.69 Å². The highest BCUT2D eigenvalue weighted by molar-refractivity contribution is 5.97. The van der Waals surface area contributed by atoms with Crippen LogP contribution < -0.4 is 5.32 Å². The summed E-state index contributed by atoms with van der Waals surface area (Å²) in [5.74, 6) is -3.35. The molecular weight excluding hydrogens is 382 g/mol. The van der Waals surface area contributed by atoms with Crippen molar-refractivity contribution in [1.82, 2.24) is 0 Å². The van der Waals surface area contributed by atoms with E-state index in [-0.39, 0.29) is 5.56 Å². The smallest absolute Gasteiger partial charge is 0.335 e. The molecule has 5 atom stereocenters. The molecule has 0 spiro atoms. The molecular formula is C20H25NO8. The number of hydrogen-bond acceptors (Lipinski definition) is 7. The fraction of sp³-hybridized carbons (Fsp3) is 0.600. The molecule has 3 heterocycles. The van der Waals surface area contributed by atoms with E-state index >= 15 is 0 Å². The van der Waals surface area contributed by atoms with Gasteiger partial charge in [0.15, 0.2) is 24.0 Å². The number of fused-ring (bicyclic) bond motifs is 3. The topological polar surface area (TPSA) is 113 Å². The largest absolute Gasteiger partial charge is 0.478 e. The first-order valence-electron chi connectivity index (χ1n) is 9.47. The number of carboxylic acids is 1. The molecule has 1 aromatic rings. The molecule has 5 unspecified atom stereocenters. The molecule has 3 aliphatic heterocycles. The van der Waals surface area contributed by atoms with Gasteiger partial charge in [-0.05, 0) is 52.3 Å². The summed E-state index contributed by atoms with van der Waals surface area (Å²) in [4.78, 5) is 24.3. The second-order valence-corrected chi connectivity index (χ2v) is 8.41. The maximum atomic E-state index is 13.1. The summed E-state index contributed by atoms with van der Waals surface area (Å²) in [6.45, 7) is 8.82. The lowest BCUT2D eigenvalue weighted by Crippen LogP contribution is -2.58. The van der Waals surface area contributed by atoms with Crippen molar-refractivity contribution in [2.75, 3.05) is 5.32 Å². The minimum atomic E-state index is -1.08. The lowest BCUT2D eigenvalue weighted by molar-refractivity contribution is -0.229. The first-order valence-corrected chi connectivity index (χ1v) is 9.47. The van der Waals surface area contributed by atoms with Gasteiger partial charge < -0.3 is 34.1 Å². The predicted octanol–water partition coefficient (Wildman–Crippen LogP) is 2.03. The Kier molecular flexibility index (Phi) is 4.71. The number of benzene rings is 1. The fourth-order valence-electron chi connectivity index (χ4n) is 3.92. The van der Waals surface area contributed by atoms with Crippen LogP contribution in [0.4, 0.5) is 5.69 Å². The summed E-state index contributed by atoms with van der Waals surface area (Å²) < 4.78 is 29.6. The SMILES string of the molecule is Cc1ccc(C(=O)O)cc1NC(=O)C1OC2OC(C)(C)OC2C2OC(C)(C)OC12. The number of amides is 1. The zero-order chi connectivity index (χ0) is 21.1. The molecule has 3 fully saturated rings. The molecule has 9 nitrogen and oxygen atoms in total. The van der Waals surface area contributed by atoms with E-state index in [4.69, 9.17) is 23.7 Å². The minimum absolute atomic E-state index is 0.0734. The van der Waals surface area contributed by atoms with Crippen molar-refractivity contribution in [2.45, 2.75) is 76.9 Å². The van der Waals surface area contributed by atoms with E-state index in [9.17, 15) is 14.7 Å². The quantitative estimate of drug-likeness (QED) is 0.783. The third-order valence-corrected chi connectivity index (χ3v) is 5.16. The van der Waals surface area contributed by atoms with E-state index in [1.54, 1.807) is 40.7 Å².